The van der Waals surface area contributed by atoms with E-state index in [1.165, 1.54) is 21.7 Å². The molecular weight excluding hydrogens is 220 g/mol. The van der Waals surface area contributed by atoms with Crippen LogP contribution in [0, 0.1) is 13.8 Å². The monoisotopic (exact) mass is 234 g/mol. The molecule has 3 aromatic rings. The Morgan fingerprint density at radius 1 is 0.889 bits per heavy atom. The molecule has 0 N–H and O–H groups in total. The number of rotatable bonds is 1. The maximum absolute atomic E-state index is 11.3. The number of aldehydes is 1. The van der Waals surface area contributed by atoms with Crippen molar-refractivity contribution in [3.8, 4) is 0 Å². The summed E-state index contributed by atoms with van der Waals surface area (Å²) in [6.07, 6.45) is 0.972. The Kier molecular flexibility index (Phi) is 2.41. The van der Waals surface area contributed by atoms with E-state index in [-0.39, 0.29) is 0 Å². The maximum Gasteiger partial charge on any atom is 0.150 e. The molecule has 0 aliphatic rings. The van der Waals surface area contributed by atoms with Crippen molar-refractivity contribution in [2.45, 2.75) is 13.8 Å². The standard InChI is InChI=1S/C17H14O/c1-11-9-16-14-6-4-3-5-13(14)7-8-15(16)17(10-18)12(11)2/h3-10H,1-2H3. The average Bonchev–Trinajstić information content (AvgIpc) is 2.40. The van der Waals surface area contributed by atoms with Gasteiger partial charge in [0.1, 0.15) is 0 Å². The molecule has 0 bridgehead atoms. The second-order valence-electron chi connectivity index (χ2n) is 4.73. The molecule has 88 valence electrons. The van der Waals surface area contributed by atoms with Crippen molar-refractivity contribution < 1.29 is 4.79 Å². The molecule has 0 atom stereocenters. The van der Waals surface area contributed by atoms with Crippen LogP contribution < -0.4 is 0 Å². The van der Waals surface area contributed by atoms with Crippen LogP contribution in [-0.4, -0.2) is 6.29 Å². The van der Waals surface area contributed by atoms with Gasteiger partial charge < -0.3 is 0 Å². The van der Waals surface area contributed by atoms with Crippen molar-refractivity contribution in [3.63, 3.8) is 0 Å². The molecule has 0 aliphatic heterocycles. The lowest BCUT2D eigenvalue weighted by molar-refractivity contribution is 0.112. The van der Waals surface area contributed by atoms with E-state index in [0.717, 1.165) is 22.8 Å². The molecule has 0 aliphatic carbocycles. The Labute approximate surface area is 106 Å². The van der Waals surface area contributed by atoms with Crippen LogP contribution in [0.25, 0.3) is 21.5 Å². The largest absolute Gasteiger partial charge is 0.298 e. The van der Waals surface area contributed by atoms with Crippen molar-refractivity contribution in [3.05, 3.63) is 59.2 Å². The zero-order valence-corrected chi connectivity index (χ0v) is 10.5. The van der Waals surface area contributed by atoms with Crippen LogP contribution in [0.5, 0.6) is 0 Å². The van der Waals surface area contributed by atoms with Crippen LogP contribution in [0.15, 0.2) is 42.5 Å². The van der Waals surface area contributed by atoms with Gasteiger partial charge in [-0.25, -0.2) is 0 Å². The first kappa shape index (κ1) is 11.0. The molecule has 0 amide bonds. The molecule has 0 spiro atoms. The van der Waals surface area contributed by atoms with E-state index in [1.807, 2.05) is 25.1 Å². The van der Waals surface area contributed by atoms with Crippen molar-refractivity contribution in [2.24, 2.45) is 0 Å². The quantitative estimate of drug-likeness (QED) is 0.450. The smallest absolute Gasteiger partial charge is 0.150 e. The summed E-state index contributed by atoms with van der Waals surface area (Å²) in [6.45, 7) is 4.07. The molecule has 0 unspecified atom stereocenters. The fourth-order valence-corrected chi connectivity index (χ4v) is 2.58. The first-order valence-corrected chi connectivity index (χ1v) is 6.09. The number of benzene rings is 3. The van der Waals surface area contributed by atoms with Gasteiger partial charge in [-0.05, 0) is 46.5 Å². The Morgan fingerprint density at radius 2 is 1.67 bits per heavy atom. The van der Waals surface area contributed by atoms with Crippen LogP contribution in [0.3, 0.4) is 0 Å². The highest BCUT2D eigenvalue weighted by atomic mass is 16.1. The predicted octanol–water partition coefficient (Wildman–Crippen LogP) is 4.42. The molecule has 0 radical (unpaired) electrons. The highest BCUT2D eigenvalue weighted by Gasteiger charge is 2.09. The van der Waals surface area contributed by atoms with Crippen molar-refractivity contribution in [1.29, 1.82) is 0 Å². The molecule has 0 aromatic heterocycles. The van der Waals surface area contributed by atoms with Gasteiger partial charge in [-0.3, -0.25) is 4.79 Å². The summed E-state index contributed by atoms with van der Waals surface area (Å²) in [5.41, 5.74) is 3.06. The fraction of sp³-hybridized carbons (Fsp3) is 0.118. The molecule has 1 heteroatoms. The van der Waals surface area contributed by atoms with E-state index < -0.39 is 0 Å². The highest BCUT2D eigenvalue weighted by Crippen LogP contribution is 2.30. The van der Waals surface area contributed by atoms with Gasteiger partial charge >= 0.3 is 0 Å². The van der Waals surface area contributed by atoms with Crippen LogP contribution in [-0.2, 0) is 0 Å². The summed E-state index contributed by atoms with van der Waals surface area (Å²) in [7, 11) is 0. The van der Waals surface area contributed by atoms with Crippen molar-refractivity contribution >= 4 is 27.8 Å². The minimum Gasteiger partial charge on any atom is -0.298 e. The molecule has 3 aromatic carbocycles. The summed E-state index contributed by atoms with van der Waals surface area (Å²) < 4.78 is 0. The van der Waals surface area contributed by atoms with Crippen molar-refractivity contribution in [1.82, 2.24) is 0 Å². The summed E-state index contributed by atoms with van der Waals surface area (Å²) in [4.78, 5) is 11.3. The molecule has 0 heterocycles. The number of carbonyl (C=O) groups excluding carboxylic acids is 1. The zero-order chi connectivity index (χ0) is 12.7. The maximum atomic E-state index is 11.3. The number of fused-ring (bicyclic) bond motifs is 3. The van der Waals surface area contributed by atoms with Crippen LogP contribution in [0.2, 0.25) is 0 Å². The lowest BCUT2D eigenvalue weighted by Crippen LogP contribution is -1.93. The third kappa shape index (κ3) is 1.44. The van der Waals surface area contributed by atoms with Gasteiger partial charge in [0.15, 0.2) is 6.29 Å². The van der Waals surface area contributed by atoms with E-state index in [4.69, 9.17) is 0 Å². The van der Waals surface area contributed by atoms with Gasteiger partial charge in [0, 0.05) is 5.56 Å². The normalized spacial score (nSPS) is 11.0. The number of hydrogen-bond acceptors (Lipinski definition) is 1. The Hall–Kier alpha value is -2.15. The second kappa shape index (κ2) is 3.95. The summed E-state index contributed by atoms with van der Waals surface area (Å²) in [5, 5.41) is 4.64. The van der Waals surface area contributed by atoms with E-state index in [2.05, 4.69) is 31.2 Å². The molecular formula is C17H14O. The SMILES string of the molecule is Cc1cc2c(ccc3ccccc32)c(C=O)c1C. The molecule has 0 saturated heterocycles. The first-order valence-electron chi connectivity index (χ1n) is 6.09. The average molecular weight is 234 g/mol. The predicted molar refractivity (Wildman–Crippen MR) is 76.3 cm³/mol. The molecule has 1 nitrogen and oxygen atoms in total. The number of aryl methyl sites for hydroxylation is 1. The lowest BCUT2D eigenvalue weighted by atomic mass is 9.93. The molecule has 18 heavy (non-hydrogen) atoms. The third-order valence-corrected chi connectivity index (χ3v) is 3.74. The fourth-order valence-electron chi connectivity index (χ4n) is 2.58. The van der Waals surface area contributed by atoms with Crippen molar-refractivity contribution in [2.75, 3.05) is 0 Å². The Balaban J connectivity index is 2.60. The minimum absolute atomic E-state index is 0.816. The number of carbonyl (C=O) groups is 1. The summed E-state index contributed by atoms with van der Waals surface area (Å²) in [5.74, 6) is 0. The van der Waals surface area contributed by atoms with Gasteiger partial charge in [-0.15, -0.1) is 0 Å². The van der Waals surface area contributed by atoms with Crippen LogP contribution in [0.4, 0.5) is 0 Å². The van der Waals surface area contributed by atoms with Gasteiger partial charge in [0.25, 0.3) is 0 Å². The van der Waals surface area contributed by atoms with Gasteiger partial charge in [-0.1, -0.05) is 42.5 Å². The summed E-state index contributed by atoms with van der Waals surface area (Å²) >= 11 is 0. The van der Waals surface area contributed by atoms with Gasteiger partial charge in [-0.2, -0.15) is 0 Å². The van der Waals surface area contributed by atoms with Gasteiger partial charge in [0.05, 0.1) is 0 Å². The molecule has 3 rings (SSSR count). The topological polar surface area (TPSA) is 17.1 Å². The van der Waals surface area contributed by atoms with E-state index in [9.17, 15) is 4.79 Å². The van der Waals surface area contributed by atoms with Gasteiger partial charge in [0.2, 0.25) is 0 Å². The van der Waals surface area contributed by atoms with Crippen LogP contribution in [0.1, 0.15) is 21.5 Å². The Morgan fingerprint density at radius 3 is 2.44 bits per heavy atom. The molecule has 0 fully saturated rings. The van der Waals surface area contributed by atoms with E-state index >= 15 is 0 Å². The number of hydrogen-bond donors (Lipinski definition) is 0. The second-order valence-corrected chi connectivity index (χ2v) is 4.73. The minimum atomic E-state index is 0.816. The van der Waals surface area contributed by atoms with Crippen LogP contribution >= 0.6 is 0 Å². The zero-order valence-electron chi connectivity index (χ0n) is 10.5. The Bertz CT molecular complexity index is 769. The highest BCUT2D eigenvalue weighted by molar-refractivity contribution is 6.12. The first-order chi connectivity index (χ1) is 8.72. The van der Waals surface area contributed by atoms with E-state index in [0.29, 0.717) is 0 Å². The third-order valence-electron chi connectivity index (χ3n) is 3.74. The summed E-state index contributed by atoms with van der Waals surface area (Å²) in [6, 6.07) is 14.6. The molecule has 0 saturated carbocycles. The lowest BCUT2D eigenvalue weighted by Gasteiger charge is -2.11. The van der Waals surface area contributed by atoms with E-state index in [1.54, 1.807) is 0 Å².